The van der Waals surface area contributed by atoms with Crippen LogP contribution in [-0.2, 0) is 26.9 Å². The second-order valence-electron chi connectivity index (χ2n) is 7.20. The lowest BCUT2D eigenvalue weighted by molar-refractivity contribution is 0.0785. The molecule has 0 aromatic heterocycles. The van der Waals surface area contributed by atoms with E-state index < -0.39 is 9.84 Å². The van der Waals surface area contributed by atoms with Gasteiger partial charge < -0.3 is 14.5 Å². The molecule has 0 unspecified atom stereocenters. The highest BCUT2D eigenvalue weighted by Gasteiger charge is 2.15. The molecule has 0 spiro atoms. The van der Waals surface area contributed by atoms with Gasteiger partial charge >= 0.3 is 0 Å². The monoisotopic (exact) mass is 402 g/mol. The quantitative estimate of drug-likeness (QED) is 0.742. The Morgan fingerprint density at radius 3 is 2.39 bits per heavy atom. The van der Waals surface area contributed by atoms with Crippen molar-refractivity contribution in [3.63, 3.8) is 0 Å². The van der Waals surface area contributed by atoms with Gasteiger partial charge in [-0.2, -0.15) is 0 Å². The Morgan fingerprint density at radius 2 is 1.75 bits per heavy atom. The maximum atomic E-state index is 12.7. The summed E-state index contributed by atoms with van der Waals surface area (Å²) in [6.07, 6.45) is 1.19. The van der Waals surface area contributed by atoms with Crippen LogP contribution in [0, 0.1) is 0 Å². The van der Waals surface area contributed by atoms with Gasteiger partial charge in [0.25, 0.3) is 5.91 Å². The van der Waals surface area contributed by atoms with Crippen LogP contribution >= 0.6 is 0 Å². The molecule has 3 rings (SSSR count). The van der Waals surface area contributed by atoms with Gasteiger partial charge in [-0.05, 0) is 35.4 Å². The van der Waals surface area contributed by atoms with Crippen molar-refractivity contribution in [2.45, 2.75) is 12.3 Å². The van der Waals surface area contributed by atoms with Crippen molar-refractivity contribution in [2.75, 3.05) is 44.5 Å². The minimum Gasteiger partial charge on any atom is -0.378 e. The number of carbonyl (C=O) groups excluding carboxylic acids is 1. The number of ether oxygens (including phenoxy) is 1. The van der Waals surface area contributed by atoms with Crippen LogP contribution in [0.2, 0.25) is 0 Å². The summed E-state index contributed by atoms with van der Waals surface area (Å²) in [5.74, 6) is -0.200. The van der Waals surface area contributed by atoms with Gasteiger partial charge in [0.15, 0.2) is 9.84 Å². The van der Waals surface area contributed by atoms with E-state index in [0.717, 1.165) is 37.6 Å². The molecule has 0 atom stereocenters. The molecule has 0 radical (unpaired) electrons. The van der Waals surface area contributed by atoms with Gasteiger partial charge in [0.05, 0.1) is 19.0 Å². The molecule has 7 heteroatoms. The molecule has 1 amide bonds. The molecule has 6 nitrogen and oxygen atoms in total. The minimum atomic E-state index is -3.14. The largest absolute Gasteiger partial charge is 0.378 e. The highest BCUT2D eigenvalue weighted by Crippen LogP contribution is 2.18. The molecule has 0 N–H and O–H groups in total. The van der Waals surface area contributed by atoms with Crippen LogP contribution in [0.4, 0.5) is 5.69 Å². The standard InChI is InChI=1S/C21H26N2O4S/c1-22(21(24)19-5-3-4-18(14-19)16-28(2,25)26)15-17-6-8-20(9-7-17)23-10-12-27-13-11-23/h3-9,14H,10-13,15-16H2,1-2H3. The molecular formula is C21H26N2O4S. The lowest BCUT2D eigenvalue weighted by Crippen LogP contribution is -2.36. The predicted molar refractivity (Wildman–Crippen MR) is 110 cm³/mol. The summed E-state index contributed by atoms with van der Waals surface area (Å²) in [5, 5.41) is 0. The second kappa shape index (κ2) is 8.75. The number of rotatable bonds is 6. The van der Waals surface area contributed by atoms with Gasteiger partial charge in [0, 0.05) is 44.2 Å². The van der Waals surface area contributed by atoms with Crippen molar-refractivity contribution in [3.8, 4) is 0 Å². The molecule has 0 bridgehead atoms. The Bertz CT molecular complexity index is 920. The summed E-state index contributed by atoms with van der Waals surface area (Å²) in [5.41, 5.74) is 3.32. The van der Waals surface area contributed by atoms with Crippen LogP contribution in [0.15, 0.2) is 48.5 Å². The molecule has 1 aliphatic rings. The first kappa shape index (κ1) is 20.4. The van der Waals surface area contributed by atoms with Gasteiger partial charge in [-0.1, -0.05) is 24.3 Å². The number of hydrogen-bond donors (Lipinski definition) is 0. The first-order valence-electron chi connectivity index (χ1n) is 9.25. The van der Waals surface area contributed by atoms with Crippen molar-refractivity contribution in [1.29, 1.82) is 0 Å². The first-order chi connectivity index (χ1) is 13.3. The Hall–Kier alpha value is -2.38. The summed E-state index contributed by atoms with van der Waals surface area (Å²) >= 11 is 0. The highest BCUT2D eigenvalue weighted by molar-refractivity contribution is 7.89. The average Bonchev–Trinajstić information content (AvgIpc) is 2.67. The van der Waals surface area contributed by atoms with Gasteiger partial charge in [-0.3, -0.25) is 4.79 Å². The van der Waals surface area contributed by atoms with Crippen LogP contribution in [0.1, 0.15) is 21.5 Å². The third kappa shape index (κ3) is 5.56. The summed E-state index contributed by atoms with van der Waals surface area (Å²) in [7, 11) is -1.39. The molecule has 150 valence electrons. The topological polar surface area (TPSA) is 66.9 Å². The molecule has 1 saturated heterocycles. The molecule has 1 aliphatic heterocycles. The fourth-order valence-electron chi connectivity index (χ4n) is 3.30. The number of anilines is 1. The third-order valence-electron chi connectivity index (χ3n) is 4.68. The van der Waals surface area contributed by atoms with E-state index in [2.05, 4.69) is 17.0 Å². The normalized spacial score (nSPS) is 14.7. The molecular weight excluding hydrogens is 376 g/mol. The Morgan fingerprint density at radius 1 is 1.07 bits per heavy atom. The first-order valence-corrected chi connectivity index (χ1v) is 11.3. The van der Waals surface area contributed by atoms with Crippen molar-refractivity contribution >= 4 is 21.4 Å². The number of hydrogen-bond acceptors (Lipinski definition) is 5. The van der Waals surface area contributed by atoms with Crippen LogP contribution in [-0.4, -0.2) is 58.8 Å². The fourth-order valence-corrected chi connectivity index (χ4v) is 4.08. The van der Waals surface area contributed by atoms with Crippen molar-refractivity contribution in [3.05, 3.63) is 65.2 Å². The van der Waals surface area contributed by atoms with E-state index in [9.17, 15) is 13.2 Å². The summed E-state index contributed by atoms with van der Waals surface area (Å²) in [6, 6.07) is 15.0. The molecule has 2 aromatic rings. The average molecular weight is 403 g/mol. The maximum Gasteiger partial charge on any atom is 0.253 e. The zero-order chi connectivity index (χ0) is 20.1. The smallest absolute Gasteiger partial charge is 0.253 e. The van der Waals surface area contributed by atoms with Gasteiger partial charge in [0.2, 0.25) is 0 Å². The summed E-state index contributed by atoms with van der Waals surface area (Å²) < 4.78 is 28.4. The van der Waals surface area contributed by atoms with Crippen LogP contribution in [0.5, 0.6) is 0 Å². The van der Waals surface area contributed by atoms with Gasteiger partial charge in [-0.25, -0.2) is 8.42 Å². The molecule has 1 fully saturated rings. The second-order valence-corrected chi connectivity index (χ2v) is 9.34. The van der Waals surface area contributed by atoms with Crippen molar-refractivity contribution in [2.24, 2.45) is 0 Å². The van der Waals surface area contributed by atoms with E-state index in [1.54, 1.807) is 36.2 Å². The van der Waals surface area contributed by atoms with Crippen molar-refractivity contribution < 1.29 is 17.9 Å². The van der Waals surface area contributed by atoms with E-state index in [1.165, 1.54) is 6.26 Å². The lowest BCUT2D eigenvalue weighted by atomic mass is 10.1. The zero-order valence-electron chi connectivity index (χ0n) is 16.3. The molecule has 0 aliphatic carbocycles. The number of benzene rings is 2. The minimum absolute atomic E-state index is 0.0686. The zero-order valence-corrected chi connectivity index (χ0v) is 17.1. The van der Waals surface area contributed by atoms with Crippen LogP contribution in [0.3, 0.4) is 0 Å². The highest BCUT2D eigenvalue weighted by atomic mass is 32.2. The SMILES string of the molecule is CN(Cc1ccc(N2CCOCC2)cc1)C(=O)c1cccc(CS(C)(=O)=O)c1. The summed E-state index contributed by atoms with van der Waals surface area (Å²) in [6.45, 7) is 3.76. The van der Waals surface area contributed by atoms with E-state index in [1.807, 2.05) is 12.1 Å². The fraction of sp³-hybridized carbons (Fsp3) is 0.381. The molecule has 28 heavy (non-hydrogen) atoms. The Kier molecular flexibility index (Phi) is 6.36. The number of sulfone groups is 1. The number of carbonyl (C=O) groups is 1. The Labute approximate surface area is 166 Å². The molecule has 1 heterocycles. The van der Waals surface area contributed by atoms with Crippen LogP contribution in [0.25, 0.3) is 0 Å². The maximum absolute atomic E-state index is 12.7. The summed E-state index contributed by atoms with van der Waals surface area (Å²) in [4.78, 5) is 16.7. The van der Waals surface area contributed by atoms with Crippen LogP contribution < -0.4 is 4.90 Å². The van der Waals surface area contributed by atoms with E-state index >= 15 is 0 Å². The van der Waals surface area contributed by atoms with Crippen molar-refractivity contribution in [1.82, 2.24) is 4.90 Å². The molecule has 0 saturated carbocycles. The van der Waals surface area contributed by atoms with E-state index in [4.69, 9.17) is 4.74 Å². The van der Waals surface area contributed by atoms with Gasteiger partial charge in [-0.15, -0.1) is 0 Å². The predicted octanol–water partition coefficient (Wildman–Crippen LogP) is 2.34. The van der Waals surface area contributed by atoms with E-state index in [-0.39, 0.29) is 11.7 Å². The lowest BCUT2D eigenvalue weighted by Gasteiger charge is -2.29. The number of morpholine rings is 1. The third-order valence-corrected chi connectivity index (χ3v) is 5.54. The Balaban J connectivity index is 1.64. The number of nitrogens with zero attached hydrogens (tertiary/aromatic N) is 2. The number of amides is 1. The van der Waals surface area contributed by atoms with E-state index in [0.29, 0.717) is 17.7 Å². The van der Waals surface area contributed by atoms with Gasteiger partial charge in [0.1, 0.15) is 0 Å². The molecule has 2 aromatic carbocycles.